The van der Waals surface area contributed by atoms with Crippen LogP contribution in [-0.4, -0.2) is 104 Å². The van der Waals surface area contributed by atoms with Gasteiger partial charge in [0, 0.05) is 69.8 Å². The second-order valence-electron chi connectivity index (χ2n) is 9.00. The number of carbonyl (C=O) groups is 1. The van der Waals surface area contributed by atoms with Crippen LogP contribution in [-0.2, 0) is 4.79 Å². The van der Waals surface area contributed by atoms with Crippen LogP contribution in [0.3, 0.4) is 0 Å². The third-order valence-electron chi connectivity index (χ3n) is 6.86. The standard InChI is InChI=1S/C22H37ClN8O/c1-3-18-20(23)27-22(19(26-18)21(24)32)25-16-4-6-17(7-5-16)29-10-14-31(15-11-29)30-12-8-28(2)9-13-30/h4-7,18-20,22,25-27H,3,8-15H2,1-2H3,(H2,24,32). The van der Waals surface area contributed by atoms with Crippen LogP contribution in [0.25, 0.3) is 0 Å². The minimum Gasteiger partial charge on any atom is -0.369 e. The molecule has 3 heterocycles. The Bertz CT molecular complexity index is 749. The molecule has 4 rings (SSSR count). The van der Waals surface area contributed by atoms with Gasteiger partial charge in [0.2, 0.25) is 5.91 Å². The van der Waals surface area contributed by atoms with Crippen LogP contribution >= 0.6 is 11.6 Å². The zero-order valence-electron chi connectivity index (χ0n) is 19.1. The average molecular weight is 465 g/mol. The molecule has 3 aliphatic rings. The van der Waals surface area contributed by atoms with Gasteiger partial charge in [0.05, 0.1) is 5.50 Å². The number of alkyl halides is 1. The summed E-state index contributed by atoms with van der Waals surface area (Å²) in [6, 6.07) is 7.84. The van der Waals surface area contributed by atoms with E-state index in [9.17, 15) is 4.79 Å². The number of anilines is 2. The van der Waals surface area contributed by atoms with Gasteiger partial charge in [-0.25, -0.2) is 10.0 Å². The van der Waals surface area contributed by atoms with Crippen molar-refractivity contribution in [3.05, 3.63) is 24.3 Å². The van der Waals surface area contributed by atoms with Gasteiger partial charge in [-0.1, -0.05) is 6.92 Å². The highest BCUT2D eigenvalue weighted by molar-refractivity contribution is 6.21. The van der Waals surface area contributed by atoms with Gasteiger partial charge in [0.25, 0.3) is 0 Å². The van der Waals surface area contributed by atoms with Gasteiger partial charge in [0.1, 0.15) is 12.2 Å². The lowest BCUT2D eigenvalue weighted by Crippen LogP contribution is -2.69. The molecule has 32 heavy (non-hydrogen) atoms. The highest BCUT2D eigenvalue weighted by Crippen LogP contribution is 2.22. The molecule has 4 unspecified atom stereocenters. The first-order valence-corrected chi connectivity index (χ1v) is 12.1. The fourth-order valence-corrected chi connectivity index (χ4v) is 5.14. The van der Waals surface area contributed by atoms with Crippen molar-refractivity contribution < 1.29 is 4.79 Å². The van der Waals surface area contributed by atoms with Crippen molar-refractivity contribution in [1.82, 2.24) is 25.6 Å². The molecule has 178 valence electrons. The van der Waals surface area contributed by atoms with Gasteiger partial charge in [-0.2, -0.15) is 0 Å². The zero-order valence-corrected chi connectivity index (χ0v) is 19.9. The molecule has 0 aliphatic carbocycles. The molecule has 0 radical (unpaired) electrons. The lowest BCUT2D eigenvalue weighted by molar-refractivity contribution is -0.121. The van der Waals surface area contributed by atoms with Crippen molar-refractivity contribution in [3.63, 3.8) is 0 Å². The predicted molar refractivity (Wildman–Crippen MR) is 130 cm³/mol. The number of rotatable bonds is 6. The minimum atomic E-state index is -0.530. The third-order valence-corrected chi connectivity index (χ3v) is 7.29. The van der Waals surface area contributed by atoms with Crippen LogP contribution < -0.4 is 26.6 Å². The molecule has 1 aromatic rings. The SMILES string of the molecule is CCC1NC(C(N)=O)C(Nc2ccc(N3CCN(N4CCN(C)CC4)CC3)cc2)NC1Cl. The molecule has 3 fully saturated rings. The molecule has 10 heteroatoms. The van der Waals surface area contributed by atoms with E-state index in [2.05, 4.69) is 67.1 Å². The summed E-state index contributed by atoms with van der Waals surface area (Å²) in [6.07, 6.45) is 0.449. The van der Waals surface area contributed by atoms with E-state index in [0.717, 1.165) is 64.5 Å². The molecule has 3 saturated heterocycles. The van der Waals surface area contributed by atoms with Crippen molar-refractivity contribution in [2.24, 2.45) is 5.73 Å². The first-order valence-electron chi connectivity index (χ1n) is 11.7. The van der Waals surface area contributed by atoms with Crippen LogP contribution in [0.4, 0.5) is 11.4 Å². The Kier molecular flexibility index (Phi) is 7.75. The molecule has 1 aromatic carbocycles. The summed E-state index contributed by atoms with van der Waals surface area (Å²) in [5, 5.41) is 14.9. The van der Waals surface area contributed by atoms with E-state index in [1.54, 1.807) is 0 Å². The lowest BCUT2D eigenvalue weighted by Gasteiger charge is -2.44. The van der Waals surface area contributed by atoms with Crippen molar-refractivity contribution in [3.8, 4) is 0 Å². The number of nitrogens with two attached hydrogens (primary N) is 1. The first-order chi connectivity index (χ1) is 15.4. The Balaban J connectivity index is 1.31. The van der Waals surface area contributed by atoms with Crippen molar-refractivity contribution in [2.45, 2.75) is 37.1 Å². The maximum atomic E-state index is 12.0. The summed E-state index contributed by atoms with van der Waals surface area (Å²) < 4.78 is 0. The highest BCUT2D eigenvalue weighted by atomic mass is 35.5. The maximum absolute atomic E-state index is 12.0. The number of halogens is 1. The van der Waals surface area contributed by atoms with Crippen LogP contribution in [0, 0.1) is 0 Å². The van der Waals surface area contributed by atoms with Gasteiger partial charge in [-0.05, 0) is 37.7 Å². The molecule has 0 bridgehead atoms. The Morgan fingerprint density at radius 2 is 1.62 bits per heavy atom. The summed E-state index contributed by atoms with van der Waals surface area (Å²) in [5.74, 6) is -0.396. The summed E-state index contributed by atoms with van der Waals surface area (Å²) in [5.41, 5.74) is 7.50. The fraction of sp³-hybridized carbons (Fsp3) is 0.682. The topological polar surface area (TPSA) is 92.1 Å². The number of piperazine rings is 3. The Morgan fingerprint density at radius 1 is 1.03 bits per heavy atom. The first kappa shape index (κ1) is 23.5. The molecule has 9 nitrogen and oxygen atoms in total. The molecule has 0 aromatic heterocycles. The number of likely N-dealkylation sites (N-methyl/N-ethyl adjacent to an activating group) is 1. The molecule has 1 amide bonds. The van der Waals surface area contributed by atoms with E-state index in [4.69, 9.17) is 17.3 Å². The third kappa shape index (κ3) is 5.47. The number of hydrogen-bond donors (Lipinski definition) is 4. The van der Waals surface area contributed by atoms with Crippen LogP contribution in [0.1, 0.15) is 13.3 Å². The van der Waals surface area contributed by atoms with Crippen molar-refractivity contribution in [1.29, 1.82) is 0 Å². The number of benzene rings is 1. The molecular weight excluding hydrogens is 428 g/mol. The number of primary amides is 1. The predicted octanol–water partition coefficient (Wildman–Crippen LogP) is 0.0992. The summed E-state index contributed by atoms with van der Waals surface area (Å²) >= 11 is 6.43. The number of hydrazine groups is 1. The van der Waals surface area contributed by atoms with Crippen LogP contribution in [0.15, 0.2) is 24.3 Å². The number of nitrogens with zero attached hydrogens (tertiary/aromatic N) is 4. The molecule has 0 saturated carbocycles. The monoisotopic (exact) mass is 464 g/mol. The van der Waals surface area contributed by atoms with Gasteiger partial charge >= 0.3 is 0 Å². The second kappa shape index (κ2) is 10.5. The summed E-state index contributed by atoms with van der Waals surface area (Å²) in [4.78, 5) is 16.8. The van der Waals surface area contributed by atoms with Gasteiger partial charge in [0.15, 0.2) is 0 Å². The minimum absolute atomic E-state index is 0.000828. The molecule has 5 N–H and O–H groups in total. The quantitative estimate of drug-likeness (QED) is 0.348. The summed E-state index contributed by atoms with van der Waals surface area (Å²) in [7, 11) is 2.19. The molecule has 4 atom stereocenters. The Morgan fingerprint density at radius 3 is 2.19 bits per heavy atom. The number of nitrogens with one attached hydrogen (secondary N) is 3. The smallest absolute Gasteiger partial charge is 0.238 e. The largest absolute Gasteiger partial charge is 0.369 e. The van der Waals surface area contributed by atoms with E-state index >= 15 is 0 Å². The second-order valence-corrected chi connectivity index (χ2v) is 9.47. The van der Waals surface area contributed by atoms with E-state index in [-0.39, 0.29) is 17.7 Å². The normalized spacial score (nSPS) is 30.9. The fourth-order valence-electron chi connectivity index (χ4n) is 4.76. The van der Waals surface area contributed by atoms with E-state index in [1.165, 1.54) is 5.69 Å². The van der Waals surface area contributed by atoms with Crippen molar-refractivity contribution >= 4 is 28.9 Å². The number of hydrogen-bond acceptors (Lipinski definition) is 8. The van der Waals surface area contributed by atoms with Crippen molar-refractivity contribution in [2.75, 3.05) is 69.6 Å². The van der Waals surface area contributed by atoms with E-state index < -0.39 is 11.9 Å². The molecular formula is C22H37ClN8O. The van der Waals surface area contributed by atoms with E-state index in [1.807, 2.05) is 6.92 Å². The number of amides is 1. The maximum Gasteiger partial charge on any atom is 0.238 e. The average Bonchev–Trinajstić information content (AvgIpc) is 2.80. The van der Waals surface area contributed by atoms with Crippen LogP contribution in [0.5, 0.6) is 0 Å². The molecule has 0 spiro atoms. The Labute approximate surface area is 196 Å². The number of carbonyl (C=O) groups excluding carboxylic acids is 1. The van der Waals surface area contributed by atoms with Crippen LogP contribution in [0.2, 0.25) is 0 Å². The summed E-state index contributed by atoms with van der Waals surface area (Å²) in [6.45, 7) is 10.7. The molecule has 3 aliphatic heterocycles. The Hall–Kier alpha value is -1.62. The van der Waals surface area contributed by atoms with Gasteiger partial charge in [-0.15, -0.1) is 11.6 Å². The van der Waals surface area contributed by atoms with Gasteiger partial charge < -0.3 is 20.9 Å². The zero-order chi connectivity index (χ0) is 22.7. The highest BCUT2D eigenvalue weighted by Gasteiger charge is 2.37. The van der Waals surface area contributed by atoms with E-state index in [0.29, 0.717) is 0 Å². The lowest BCUT2D eigenvalue weighted by atomic mass is 10.1. The van der Waals surface area contributed by atoms with Gasteiger partial charge in [-0.3, -0.25) is 15.4 Å².